The van der Waals surface area contributed by atoms with Gasteiger partial charge in [0.2, 0.25) is 0 Å². The molecule has 2 heteroatoms. The summed E-state index contributed by atoms with van der Waals surface area (Å²) < 4.78 is 0. The summed E-state index contributed by atoms with van der Waals surface area (Å²) in [6.07, 6.45) is 5.34. The lowest BCUT2D eigenvalue weighted by Crippen LogP contribution is -2.42. The highest BCUT2D eigenvalue weighted by Crippen LogP contribution is 2.25. The van der Waals surface area contributed by atoms with Crippen LogP contribution in [0.5, 0.6) is 0 Å². The molecule has 2 nitrogen and oxygen atoms in total. The zero-order valence-corrected chi connectivity index (χ0v) is 13.4. The Morgan fingerprint density at radius 1 is 1.20 bits per heavy atom. The summed E-state index contributed by atoms with van der Waals surface area (Å²) in [5.74, 6) is 0.683. The van der Waals surface area contributed by atoms with Gasteiger partial charge >= 0.3 is 0 Å². The largest absolute Gasteiger partial charge is 0.370 e. The van der Waals surface area contributed by atoms with E-state index >= 15 is 0 Å². The van der Waals surface area contributed by atoms with E-state index in [9.17, 15) is 0 Å². The second-order valence-corrected chi connectivity index (χ2v) is 6.37. The smallest absolute Gasteiger partial charge is 0.0412 e. The molecule has 1 aliphatic heterocycles. The molecule has 0 spiro atoms. The Bertz CT molecular complexity index is 400. The summed E-state index contributed by atoms with van der Waals surface area (Å²) in [5.41, 5.74) is 2.89. The minimum absolute atomic E-state index is 0.591. The van der Waals surface area contributed by atoms with E-state index in [2.05, 4.69) is 55.3 Å². The number of nitrogens with zero attached hydrogens (tertiary/aromatic N) is 1. The number of fused-ring (bicyclic) bond motifs is 1. The number of unbranched alkanes of at least 4 members (excludes halogenated alkanes) is 3. The Morgan fingerprint density at radius 2 is 2.00 bits per heavy atom. The van der Waals surface area contributed by atoms with E-state index in [1.807, 2.05) is 0 Å². The van der Waals surface area contributed by atoms with Gasteiger partial charge in [-0.05, 0) is 24.0 Å². The Hall–Kier alpha value is -1.02. The second-order valence-electron chi connectivity index (χ2n) is 6.37. The predicted molar refractivity (Wildman–Crippen MR) is 88.3 cm³/mol. The molecule has 20 heavy (non-hydrogen) atoms. The van der Waals surface area contributed by atoms with Crippen molar-refractivity contribution in [3.05, 3.63) is 29.8 Å². The lowest BCUT2D eigenvalue weighted by Gasteiger charge is -2.29. The molecule has 1 aromatic carbocycles. The maximum atomic E-state index is 3.73. The van der Waals surface area contributed by atoms with Crippen LogP contribution in [0.1, 0.15) is 52.0 Å². The van der Waals surface area contributed by atoms with Crippen LogP contribution in [0.2, 0.25) is 0 Å². The molecule has 0 radical (unpaired) electrons. The first-order chi connectivity index (χ1) is 9.72. The van der Waals surface area contributed by atoms with Gasteiger partial charge in [-0.25, -0.2) is 0 Å². The second kappa shape index (κ2) is 7.68. The summed E-state index contributed by atoms with van der Waals surface area (Å²) >= 11 is 0. The molecule has 0 saturated heterocycles. The van der Waals surface area contributed by atoms with Crippen LogP contribution in [0.3, 0.4) is 0 Å². The number of anilines is 1. The van der Waals surface area contributed by atoms with Crippen molar-refractivity contribution in [2.24, 2.45) is 5.92 Å². The molecule has 1 atom stereocenters. The Balaban J connectivity index is 2.07. The summed E-state index contributed by atoms with van der Waals surface area (Å²) in [6, 6.07) is 9.48. The maximum Gasteiger partial charge on any atom is 0.0412 e. The minimum atomic E-state index is 0.591. The SMILES string of the molecule is CCCCCCN1CC(C(C)C)NCc2ccccc21. The topological polar surface area (TPSA) is 15.3 Å². The molecule has 0 aromatic heterocycles. The maximum absolute atomic E-state index is 3.73. The first kappa shape index (κ1) is 15.4. The van der Waals surface area contributed by atoms with Gasteiger partial charge in [-0.1, -0.05) is 58.2 Å². The standard InChI is InChI=1S/C18H30N2/c1-4-5-6-9-12-20-14-17(15(2)3)19-13-16-10-7-8-11-18(16)20/h7-8,10-11,15,17,19H,4-6,9,12-14H2,1-3H3. The monoisotopic (exact) mass is 274 g/mol. The molecule has 1 unspecified atom stereocenters. The molecule has 112 valence electrons. The third kappa shape index (κ3) is 3.99. The van der Waals surface area contributed by atoms with Crippen LogP contribution in [-0.2, 0) is 6.54 Å². The molecule has 0 saturated carbocycles. The Morgan fingerprint density at radius 3 is 2.75 bits per heavy atom. The van der Waals surface area contributed by atoms with Gasteiger partial charge in [0.15, 0.2) is 0 Å². The van der Waals surface area contributed by atoms with Crippen LogP contribution in [0.15, 0.2) is 24.3 Å². The van der Waals surface area contributed by atoms with Crippen molar-refractivity contribution in [2.75, 3.05) is 18.0 Å². The van der Waals surface area contributed by atoms with Crippen LogP contribution in [0.25, 0.3) is 0 Å². The van der Waals surface area contributed by atoms with E-state index in [4.69, 9.17) is 0 Å². The van der Waals surface area contributed by atoms with Gasteiger partial charge in [-0.2, -0.15) is 0 Å². The van der Waals surface area contributed by atoms with Crippen LogP contribution in [-0.4, -0.2) is 19.1 Å². The first-order valence-electron chi connectivity index (χ1n) is 8.28. The van der Waals surface area contributed by atoms with Crippen LogP contribution < -0.4 is 10.2 Å². The van der Waals surface area contributed by atoms with E-state index < -0.39 is 0 Å². The third-order valence-electron chi connectivity index (χ3n) is 4.39. The molecule has 2 rings (SSSR count). The van der Waals surface area contributed by atoms with Crippen LogP contribution in [0, 0.1) is 5.92 Å². The molecule has 0 bridgehead atoms. The molecular weight excluding hydrogens is 244 g/mol. The lowest BCUT2D eigenvalue weighted by molar-refractivity contribution is 0.402. The zero-order chi connectivity index (χ0) is 14.4. The van der Waals surface area contributed by atoms with Crippen molar-refractivity contribution in [1.82, 2.24) is 5.32 Å². The number of para-hydroxylation sites is 1. The fourth-order valence-electron chi connectivity index (χ4n) is 3.00. The molecule has 0 aliphatic carbocycles. The Labute approximate surface area is 124 Å². The van der Waals surface area contributed by atoms with Gasteiger partial charge in [0.25, 0.3) is 0 Å². The van der Waals surface area contributed by atoms with Gasteiger partial charge in [-0.3, -0.25) is 0 Å². The van der Waals surface area contributed by atoms with Crippen molar-refractivity contribution in [3.63, 3.8) is 0 Å². The summed E-state index contributed by atoms with van der Waals surface area (Å²) in [6.45, 7) is 10.3. The molecule has 1 N–H and O–H groups in total. The third-order valence-corrected chi connectivity index (χ3v) is 4.39. The molecule has 1 aromatic rings. The van der Waals surface area contributed by atoms with E-state index in [1.165, 1.54) is 43.5 Å². The van der Waals surface area contributed by atoms with E-state index in [0.717, 1.165) is 13.1 Å². The van der Waals surface area contributed by atoms with Crippen molar-refractivity contribution in [1.29, 1.82) is 0 Å². The predicted octanol–water partition coefficient (Wildman–Crippen LogP) is 4.20. The first-order valence-corrected chi connectivity index (χ1v) is 8.28. The summed E-state index contributed by atoms with van der Waals surface area (Å²) in [5, 5.41) is 3.73. The molecular formula is C18H30N2. The van der Waals surface area contributed by atoms with Gasteiger partial charge in [0, 0.05) is 31.4 Å². The zero-order valence-electron chi connectivity index (χ0n) is 13.4. The number of nitrogens with one attached hydrogen (secondary N) is 1. The number of rotatable bonds is 6. The average Bonchev–Trinajstić information content (AvgIpc) is 2.64. The average molecular weight is 274 g/mol. The minimum Gasteiger partial charge on any atom is -0.370 e. The van der Waals surface area contributed by atoms with Crippen LogP contribution in [0.4, 0.5) is 5.69 Å². The number of benzene rings is 1. The van der Waals surface area contributed by atoms with Gasteiger partial charge in [-0.15, -0.1) is 0 Å². The van der Waals surface area contributed by atoms with Gasteiger partial charge in [0.05, 0.1) is 0 Å². The normalized spacial score (nSPS) is 19.0. The molecule has 0 amide bonds. The fourth-order valence-corrected chi connectivity index (χ4v) is 3.00. The van der Waals surface area contributed by atoms with Crippen LogP contribution >= 0.6 is 0 Å². The van der Waals surface area contributed by atoms with E-state index in [-0.39, 0.29) is 0 Å². The highest BCUT2D eigenvalue weighted by atomic mass is 15.2. The lowest BCUT2D eigenvalue weighted by atomic mass is 10.0. The molecule has 0 fully saturated rings. The Kier molecular flexibility index (Phi) is 5.90. The summed E-state index contributed by atoms with van der Waals surface area (Å²) in [7, 11) is 0. The molecule has 1 aliphatic rings. The van der Waals surface area contributed by atoms with E-state index in [1.54, 1.807) is 0 Å². The number of hydrogen-bond donors (Lipinski definition) is 1. The van der Waals surface area contributed by atoms with Gasteiger partial charge < -0.3 is 10.2 Å². The van der Waals surface area contributed by atoms with Crippen molar-refractivity contribution < 1.29 is 0 Å². The highest BCUT2D eigenvalue weighted by molar-refractivity contribution is 5.54. The van der Waals surface area contributed by atoms with Crippen molar-refractivity contribution in [2.45, 2.75) is 59.0 Å². The molecule has 1 heterocycles. The van der Waals surface area contributed by atoms with Gasteiger partial charge in [0.1, 0.15) is 0 Å². The fraction of sp³-hybridized carbons (Fsp3) is 0.667. The van der Waals surface area contributed by atoms with Crippen molar-refractivity contribution >= 4 is 5.69 Å². The highest BCUT2D eigenvalue weighted by Gasteiger charge is 2.22. The quantitative estimate of drug-likeness (QED) is 0.782. The summed E-state index contributed by atoms with van der Waals surface area (Å²) in [4.78, 5) is 2.61. The van der Waals surface area contributed by atoms with E-state index in [0.29, 0.717) is 12.0 Å². The number of hydrogen-bond acceptors (Lipinski definition) is 2. The van der Waals surface area contributed by atoms with Crippen molar-refractivity contribution in [3.8, 4) is 0 Å².